The minimum atomic E-state index is 0. The summed E-state index contributed by atoms with van der Waals surface area (Å²) in [5.74, 6) is 1.72. The smallest absolute Gasteiger partial charge is 0.191 e. The van der Waals surface area contributed by atoms with Crippen LogP contribution in [-0.4, -0.2) is 44.1 Å². The van der Waals surface area contributed by atoms with E-state index in [9.17, 15) is 0 Å². The molecular formula is C21H33IN4OS. The predicted molar refractivity (Wildman–Crippen MR) is 131 cm³/mol. The monoisotopic (exact) mass is 516 g/mol. The highest BCUT2D eigenvalue weighted by Crippen LogP contribution is 2.18. The molecule has 0 aliphatic carbocycles. The molecule has 2 N–H and O–H groups in total. The van der Waals surface area contributed by atoms with Crippen LogP contribution in [0.4, 0.5) is 0 Å². The molecule has 0 aliphatic heterocycles. The molecule has 1 heterocycles. The molecule has 2 rings (SSSR count). The summed E-state index contributed by atoms with van der Waals surface area (Å²) in [6.45, 7) is 11.7. The van der Waals surface area contributed by atoms with Gasteiger partial charge in [0.15, 0.2) is 5.96 Å². The van der Waals surface area contributed by atoms with Gasteiger partial charge in [0.25, 0.3) is 0 Å². The summed E-state index contributed by atoms with van der Waals surface area (Å²) < 4.78 is 6.03. The first-order chi connectivity index (χ1) is 13.2. The summed E-state index contributed by atoms with van der Waals surface area (Å²) in [7, 11) is 1.79. The maximum Gasteiger partial charge on any atom is 0.191 e. The Hall–Kier alpha value is -1.32. The zero-order valence-electron chi connectivity index (χ0n) is 17.3. The Labute approximate surface area is 190 Å². The molecule has 1 aromatic heterocycles. The van der Waals surface area contributed by atoms with E-state index in [0.717, 1.165) is 43.5 Å². The highest BCUT2D eigenvalue weighted by Gasteiger charge is 2.07. The van der Waals surface area contributed by atoms with Crippen molar-refractivity contribution in [2.45, 2.75) is 33.9 Å². The third-order valence-electron chi connectivity index (χ3n) is 4.59. The van der Waals surface area contributed by atoms with Crippen molar-refractivity contribution >= 4 is 41.3 Å². The summed E-state index contributed by atoms with van der Waals surface area (Å²) in [5.41, 5.74) is 2.45. The molecule has 0 atom stereocenters. The second-order valence-electron chi connectivity index (χ2n) is 6.29. The predicted octanol–water partition coefficient (Wildman–Crippen LogP) is 4.26. The van der Waals surface area contributed by atoms with Crippen molar-refractivity contribution < 1.29 is 4.74 Å². The molecule has 2 aromatic rings. The van der Waals surface area contributed by atoms with Crippen molar-refractivity contribution in [3.8, 4) is 5.75 Å². The van der Waals surface area contributed by atoms with Gasteiger partial charge in [-0.2, -0.15) is 0 Å². The number of para-hydroxylation sites is 1. The Morgan fingerprint density at radius 2 is 1.82 bits per heavy atom. The van der Waals surface area contributed by atoms with Crippen LogP contribution in [0, 0.1) is 6.92 Å². The van der Waals surface area contributed by atoms with Gasteiger partial charge in [0.05, 0.1) is 6.54 Å². The van der Waals surface area contributed by atoms with Crippen LogP contribution in [0.1, 0.15) is 29.9 Å². The number of guanidine groups is 1. The van der Waals surface area contributed by atoms with E-state index in [1.165, 1.54) is 10.4 Å². The largest absolute Gasteiger partial charge is 0.492 e. The van der Waals surface area contributed by atoms with Crippen molar-refractivity contribution in [2.24, 2.45) is 4.99 Å². The van der Waals surface area contributed by atoms with E-state index in [1.54, 1.807) is 18.4 Å². The fourth-order valence-corrected chi connectivity index (χ4v) is 3.61. The number of halogens is 1. The van der Waals surface area contributed by atoms with Crippen molar-refractivity contribution in [3.05, 3.63) is 51.7 Å². The lowest BCUT2D eigenvalue weighted by Gasteiger charge is -2.19. The van der Waals surface area contributed by atoms with Crippen LogP contribution >= 0.6 is 35.3 Å². The number of ether oxygens (including phenoxy) is 1. The third kappa shape index (κ3) is 7.97. The molecule has 0 saturated heterocycles. The van der Waals surface area contributed by atoms with Crippen LogP contribution in [-0.2, 0) is 13.1 Å². The molecule has 0 unspecified atom stereocenters. The Morgan fingerprint density at radius 1 is 1.11 bits per heavy atom. The van der Waals surface area contributed by atoms with Crippen LogP contribution in [0.3, 0.4) is 0 Å². The third-order valence-corrected chi connectivity index (χ3v) is 5.61. The van der Waals surface area contributed by atoms with Gasteiger partial charge in [-0.3, -0.25) is 4.99 Å². The normalized spacial score (nSPS) is 11.2. The van der Waals surface area contributed by atoms with Gasteiger partial charge in [-0.25, -0.2) is 0 Å². The van der Waals surface area contributed by atoms with Gasteiger partial charge in [0, 0.05) is 30.6 Å². The number of nitrogens with one attached hydrogen (secondary N) is 2. The summed E-state index contributed by atoms with van der Waals surface area (Å²) in [4.78, 5) is 8.01. The number of aliphatic imine (C=N–C) groups is 1. The zero-order chi connectivity index (χ0) is 19.5. The number of thiophene rings is 1. The maximum atomic E-state index is 6.03. The average molecular weight is 516 g/mol. The molecule has 1 aromatic carbocycles. The van der Waals surface area contributed by atoms with Crippen LogP contribution in [0.5, 0.6) is 5.75 Å². The lowest BCUT2D eigenvalue weighted by atomic mass is 10.2. The Bertz CT molecular complexity index is 716. The Kier molecular flexibility index (Phi) is 12.2. The number of rotatable bonds is 10. The van der Waals surface area contributed by atoms with Gasteiger partial charge in [0.2, 0.25) is 0 Å². The maximum absolute atomic E-state index is 6.03. The second-order valence-corrected chi connectivity index (χ2v) is 7.29. The van der Waals surface area contributed by atoms with Crippen molar-refractivity contribution in [2.75, 3.05) is 33.3 Å². The van der Waals surface area contributed by atoms with E-state index in [0.29, 0.717) is 13.2 Å². The van der Waals surface area contributed by atoms with E-state index < -0.39 is 0 Å². The molecule has 0 fully saturated rings. The van der Waals surface area contributed by atoms with Crippen LogP contribution < -0.4 is 15.4 Å². The van der Waals surface area contributed by atoms with Gasteiger partial charge in [-0.1, -0.05) is 32.0 Å². The van der Waals surface area contributed by atoms with Crippen molar-refractivity contribution in [1.29, 1.82) is 0 Å². The summed E-state index contributed by atoms with van der Waals surface area (Å²) in [5, 5.41) is 8.88. The molecule has 5 nitrogen and oxygen atoms in total. The van der Waals surface area contributed by atoms with Gasteiger partial charge < -0.3 is 20.3 Å². The average Bonchev–Trinajstić information content (AvgIpc) is 3.11. The zero-order valence-corrected chi connectivity index (χ0v) is 20.5. The summed E-state index contributed by atoms with van der Waals surface area (Å²) in [6.07, 6.45) is 0. The standard InChI is InChI=1S/C21H32N4OS.HI/c1-5-25(6-2)12-13-26-19-10-8-7-9-18(19)15-23-21(22-4)24-16-20-17(3)11-14-27-20;/h7-11,14H,5-6,12-13,15-16H2,1-4H3,(H2,22,23,24);1H. The Balaban J connectivity index is 0.00000392. The SMILES string of the molecule is CCN(CC)CCOc1ccccc1CNC(=NC)NCc1sccc1C.I. The van der Waals surface area contributed by atoms with E-state index >= 15 is 0 Å². The number of likely N-dealkylation sites (N-methyl/N-ethyl adjacent to an activating group) is 1. The number of nitrogens with zero attached hydrogens (tertiary/aromatic N) is 2. The van der Waals surface area contributed by atoms with E-state index in [2.05, 4.69) is 58.8 Å². The fraction of sp³-hybridized carbons (Fsp3) is 0.476. The lowest BCUT2D eigenvalue weighted by Crippen LogP contribution is -2.36. The molecule has 0 aliphatic rings. The number of hydrogen-bond acceptors (Lipinski definition) is 4. The van der Waals surface area contributed by atoms with E-state index in [1.807, 2.05) is 18.2 Å². The van der Waals surface area contributed by atoms with Crippen molar-refractivity contribution in [3.63, 3.8) is 0 Å². The highest BCUT2D eigenvalue weighted by molar-refractivity contribution is 14.0. The first kappa shape index (κ1) is 24.7. The molecule has 0 spiro atoms. The van der Waals surface area contributed by atoms with Crippen molar-refractivity contribution in [1.82, 2.24) is 15.5 Å². The minimum absolute atomic E-state index is 0. The van der Waals surface area contributed by atoms with Gasteiger partial charge in [-0.15, -0.1) is 35.3 Å². The van der Waals surface area contributed by atoms with Crippen LogP contribution in [0.25, 0.3) is 0 Å². The Morgan fingerprint density at radius 3 is 2.46 bits per heavy atom. The molecular weight excluding hydrogens is 483 g/mol. The lowest BCUT2D eigenvalue weighted by molar-refractivity contribution is 0.221. The fourth-order valence-electron chi connectivity index (χ4n) is 2.76. The molecule has 0 bridgehead atoms. The molecule has 0 radical (unpaired) electrons. The molecule has 28 heavy (non-hydrogen) atoms. The number of aryl methyl sites for hydroxylation is 1. The molecule has 156 valence electrons. The minimum Gasteiger partial charge on any atom is -0.492 e. The van der Waals surface area contributed by atoms with Gasteiger partial charge in [0.1, 0.15) is 12.4 Å². The highest BCUT2D eigenvalue weighted by atomic mass is 127. The first-order valence-electron chi connectivity index (χ1n) is 9.58. The number of benzene rings is 1. The van der Waals surface area contributed by atoms with Crippen LogP contribution in [0.2, 0.25) is 0 Å². The van der Waals surface area contributed by atoms with E-state index in [-0.39, 0.29) is 24.0 Å². The number of hydrogen-bond donors (Lipinski definition) is 2. The van der Waals surface area contributed by atoms with E-state index in [4.69, 9.17) is 4.74 Å². The second kappa shape index (κ2) is 13.8. The molecule has 0 saturated carbocycles. The first-order valence-corrected chi connectivity index (χ1v) is 10.5. The molecule has 7 heteroatoms. The summed E-state index contributed by atoms with van der Waals surface area (Å²) in [6, 6.07) is 10.3. The summed E-state index contributed by atoms with van der Waals surface area (Å²) >= 11 is 1.76. The quantitative estimate of drug-likeness (QED) is 0.282. The topological polar surface area (TPSA) is 48.9 Å². The molecule has 0 amide bonds. The van der Waals surface area contributed by atoms with Crippen LogP contribution in [0.15, 0.2) is 40.7 Å². The van der Waals surface area contributed by atoms with Gasteiger partial charge in [-0.05, 0) is 43.1 Å². The van der Waals surface area contributed by atoms with Gasteiger partial charge >= 0.3 is 0 Å².